The molecule has 136 valence electrons. The van der Waals surface area contributed by atoms with Crippen molar-refractivity contribution >= 4 is 33.0 Å². The van der Waals surface area contributed by atoms with E-state index in [0.717, 1.165) is 11.5 Å². The van der Waals surface area contributed by atoms with Gasteiger partial charge in [0.05, 0.1) is 12.5 Å². The summed E-state index contributed by atoms with van der Waals surface area (Å²) in [5.41, 5.74) is 1.22. The van der Waals surface area contributed by atoms with E-state index in [0.29, 0.717) is 17.3 Å². The fraction of sp³-hybridized carbons (Fsp3) is 0.188. The van der Waals surface area contributed by atoms with Crippen LogP contribution in [0.2, 0.25) is 0 Å². The van der Waals surface area contributed by atoms with Crippen LogP contribution < -0.4 is 14.9 Å². The van der Waals surface area contributed by atoms with Gasteiger partial charge in [0.2, 0.25) is 0 Å². The number of imidazole rings is 1. The summed E-state index contributed by atoms with van der Waals surface area (Å²) >= 11 is 0. The van der Waals surface area contributed by atoms with Gasteiger partial charge in [-0.25, -0.2) is 15.0 Å². The molecule has 0 amide bonds. The number of aromatic nitrogens is 4. The maximum Gasteiger partial charge on any atom is 0.278 e. The van der Waals surface area contributed by atoms with Crippen LogP contribution in [0.15, 0.2) is 47.9 Å². The van der Waals surface area contributed by atoms with E-state index in [2.05, 4.69) is 30.0 Å². The number of hydrogen-bond acceptors (Lipinski definition) is 7. The van der Waals surface area contributed by atoms with Gasteiger partial charge in [-0.1, -0.05) is 0 Å². The van der Waals surface area contributed by atoms with E-state index >= 15 is 0 Å². The Morgan fingerprint density at radius 2 is 1.77 bits per heavy atom. The molecule has 10 heteroatoms. The van der Waals surface area contributed by atoms with Crippen molar-refractivity contribution in [2.24, 2.45) is 0 Å². The molecule has 1 aromatic carbocycles. The third kappa shape index (κ3) is 4.09. The van der Waals surface area contributed by atoms with E-state index in [1.54, 1.807) is 24.3 Å². The number of H-pyrrole nitrogens is 1. The normalized spacial score (nSPS) is 11.2. The van der Waals surface area contributed by atoms with Gasteiger partial charge in [0, 0.05) is 31.5 Å². The SMILES string of the molecule is Cc1nc(Nc2ccc(NS(=O)(=O)c3cnc[nH]3)cc2)cc(N(C)C)n1. The Labute approximate surface area is 151 Å². The van der Waals surface area contributed by atoms with Crippen molar-refractivity contribution in [1.29, 1.82) is 0 Å². The Morgan fingerprint density at radius 3 is 2.38 bits per heavy atom. The lowest BCUT2D eigenvalue weighted by Crippen LogP contribution is -2.13. The highest BCUT2D eigenvalue weighted by molar-refractivity contribution is 7.92. The van der Waals surface area contributed by atoms with Crippen LogP contribution in [0.5, 0.6) is 0 Å². The van der Waals surface area contributed by atoms with Gasteiger partial charge >= 0.3 is 0 Å². The quantitative estimate of drug-likeness (QED) is 0.606. The molecule has 0 saturated heterocycles. The van der Waals surface area contributed by atoms with Gasteiger partial charge in [0.25, 0.3) is 10.0 Å². The van der Waals surface area contributed by atoms with Gasteiger partial charge in [-0.3, -0.25) is 4.72 Å². The molecule has 0 bridgehead atoms. The van der Waals surface area contributed by atoms with Crippen LogP contribution in [0.1, 0.15) is 5.82 Å². The predicted octanol–water partition coefficient (Wildman–Crippen LogP) is 2.12. The molecule has 0 atom stereocenters. The van der Waals surface area contributed by atoms with E-state index in [1.165, 1.54) is 12.5 Å². The second-order valence-corrected chi connectivity index (χ2v) is 7.43. The molecule has 3 aromatic rings. The molecule has 0 aliphatic heterocycles. The number of benzene rings is 1. The molecule has 9 nitrogen and oxygen atoms in total. The standard InChI is InChI=1S/C16H19N7O2S/c1-11-19-14(8-15(20-11)23(2)3)21-12-4-6-13(7-5-12)22-26(24,25)16-9-17-10-18-16/h4-10,22H,1-3H3,(H,17,18)(H,19,20,21). The largest absolute Gasteiger partial charge is 0.363 e. The average molecular weight is 373 g/mol. The summed E-state index contributed by atoms with van der Waals surface area (Å²) in [4.78, 5) is 16.9. The fourth-order valence-corrected chi connectivity index (χ4v) is 3.18. The van der Waals surface area contributed by atoms with Crippen LogP contribution in [-0.2, 0) is 10.0 Å². The Bertz CT molecular complexity index is 984. The molecule has 3 N–H and O–H groups in total. The van der Waals surface area contributed by atoms with Gasteiger partial charge in [0.1, 0.15) is 17.5 Å². The van der Waals surface area contributed by atoms with Crippen molar-refractivity contribution in [3.05, 3.63) is 48.7 Å². The van der Waals surface area contributed by atoms with Crippen LogP contribution in [0.4, 0.5) is 23.0 Å². The van der Waals surface area contributed by atoms with Crippen molar-refractivity contribution in [2.75, 3.05) is 29.0 Å². The topological polar surface area (TPSA) is 116 Å². The molecule has 0 fully saturated rings. The van der Waals surface area contributed by atoms with E-state index in [-0.39, 0.29) is 5.03 Å². The number of hydrogen-bond donors (Lipinski definition) is 3. The Hall–Kier alpha value is -3.14. The first-order chi connectivity index (χ1) is 12.3. The van der Waals surface area contributed by atoms with E-state index in [1.807, 2.05) is 32.0 Å². The number of aromatic amines is 1. The summed E-state index contributed by atoms with van der Waals surface area (Å²) in [6, 6.07) is 8.69. The first-order valence-electron chi connectivity index (χ1n) is 7.75. The van der Waals surface area contributed by atoms with E-state index < -0.39 is 10.0 Å². The van der Waals surface area contributed by atoms with E-state index in [4.69, 9.17) is 0 Å². The molecule has 0 aliphatic rings. The second kappa shape index (κ2) is 7.00. The van der Waals surface area contributed by atoms with E-state index in [9.17, 15) is 8.42 Å². The molecule has 3 rings (SSSR count). The first-order valence-corrected chi connectivity index (χ1v) is 9.23. The maximum atomic E-state index is 12.2. The van der Waals surface area contributed by atoms with Gasteiger partial charge in [-0.2, -0.15) is 8.42 Å². The first kappa shape index (κ1) is 17.7. The monoisotopic (exact) mass is 373 g/mol. The number of rotatable bonds is 6. The molecular formula is C16H19N7O2S. The highest BCUT2D eigenvalue weighted by Gasteiger charge is 2.15. The summed E-state index contributed by atoms with van der Waals surface area (Å²) in [7, 11) is 0.141. The lowest BCUT2D eigenvalue weighted by molar-refractivity contribution is 0.598. The maximum absolute atomic E-state index is 12.2. The Balaban J connectivity index is 1.74. The highest BCUT2D eigenvalue weighted by Crippen LogP contribution is 2.21. The summed E-state index contributed by atoms with van der Waals surface area (Å²) < 4.78 is 26.8. The molecule has 0 saturated carbocycles. The molecule has 2 heterocycles. The number of aryl methyl sites for hydroxylation is 1. The van der Waals surface area contributed by atoms with Crippen molar-refractivity contribution in [3.63, 3.8) is 0 Å². The number of anilines is 4. The van der Waals surface area contributed by atoms with Gasteiger partial charge in [-0.15, -0.1) is 0 Å². The molecule has 0 unspecified atom stereocenters. The van der Waals surface area contributed by atoms with Crippen molar-refractivity contribution < 1.29 is 8.42 Å². The zero-order chi connectivity index (χ0) is 18.7. The minimum Gasteiger partial charge on any atom is -0.363 e. The molecule has 26 heavy (non-hydrogen) atoms. The third-order valence-corrected chi connectivity index (χ3v) is 4.76. The van der Waals surface area contributed by atoms with Crippen LogP contribution in [0, 0.1) is 6.92 Å². The second-order valence-electron chi connectivity index (χ2n) is 5.78. The van der Waals surface area contributed by atoms with Gasteiger partial charge in [0.15, 0.2) is 5.03 Å². The zero-order valence-corrected chi connectivity index (χ0v) is 15.4. The lowest BCUT2D eigenvalue weighted by atomic mass is 10.3. The smallest absolute Gasteiger partial charge is 0.278 e. The minimum atomic E-state index is -3.68. The molecule has 0 radical (unpaired) electrons. The molecule has 0 aliphatic carbocycles. The van der Waals surface area contributed by atoms with Crippen molar-refractivity contribution in [1.82, 2.24) is 19.9 Å². The Kier molecular flexibility index (Phi) is 4.76. The molecule has 0 spiro atoms. The number of sulfonamides is 1. The van der Waals surface area contributed by atoms with Crippen LogP contribution >= 0.6 is 0 Å². The Morgan fingerprint density at radius 1 is 1.08 bits per heavy atom. The van der Waals surface area contributed by atoms with Crippen LogP contribution in [0.3, 0.4) is 0 Å². The summed E-state index contributed by atoms with van der Waals surface area (Å²) in [6.45, 7) is 1.82. The van der Waals surface area contributed by atoms with Crippen LogP contribution in [0.25, 0.3) is 0 Å². The van der Waals surface area contributed by atoms with Crippen molar-refractivity contribution in [2.45, 2.75) is 11.9 Å². The van der Waals surface area contributed by atoms with Gasteiger partial charge in [-0.05, 0) is 31.2 Å². The predicted molar refractivity (Wildman–Crippen MR) is 100 cm³/mol. The fourth-order valence-electron chi connectivity index (χ4n) is 2.21. The molecular weight excluding hydrogens is 354 g/mol. The lowest BCUT2D eigenvalue weighted by Gasteiger charge is -2.14. The van der Waals surface area contributed by atoms with Crippen molar-refractivity contribution in [3.8, 4) is 0 Å². The van der Waals surface area contributed by atoms with Gasteiger partial charge < -0.3 is 15.2 Å². The van der Waals surface area contributed by atoms with Crippen LogP contribution in [-0.4, -0.2) is 42.4 Å². The third-order valence-electron chi connectivity index (χ3n) is 3.45. The summed E-state index contributed by atoms with van der Waals surface area (Å²) in [5.74, 6) is 2.11. The zero-order valence-electron chi connectivity index (χ0n) is 14.6. The summed E-state index contributed by atoms with van der Waals surface area (Å²) in [5, 5.41) is 3.19. The number of nitrogens with one attached hydrogen (secondary N) is 3. The number of nitrogens with zero attached hydrogens (tertiary/aromatic N) is 4. The highest BCUT2D eigenvalue weighted by atomic mass is 32.2. The molecule has 2 aromatic heterocycles. The minimum absolute atomic E-state index is 0.00683. The average Bonchev–Trinajstić information content (AvgIpc) is 3.11. The summed E-state index contributed by atoms with van der Waals surface area (Å²) in [6.07, 6.45) is 2.56.